The van der Waals surface area contributed by atoms with Crippen LogP contribution in [0.5, 0.6) is 0 Å². The molecule has 0 unspecified atom stereocenters. The molecule has 0 aliphatic heterocycles. The quantitative estimate of drug-likeness (QED) is 0.424. The number of nitrogens with zero attached hydrogens (tertiary/aromatic N) is 4. The van der Waals surface area contributed by atoms with Crippen LogP contribution in [0, 0.1) is 5.82 Å². The summed E-state index contributed by atoms with van der Waals surface area (Å²) in [6.45, 7) is 0.293. The number of amidine groups is 1. The van der Waals surface area contributed by atoms with Crippen LogP contribution in [0.4, 0.5) is 10.1 Å². The summed E-state index contributed by atoms with van der Waals surface area (Å²) < 4.78 is 16.7. The number of halogens is 2. The van der Waals surface area contributed by atoms with E-state index >= 15 is 0 Å². The van der Waals surface area contributed by atoms with Gasteiger partial charge in [0.2, 0.25) is 0 Å². The lowest BCUT2D eigenvalue weighted by Crippen LogP contribution is -2.14. The minimum atomic E-state index is -0.434. The second-order valence-corrected chi connectivity index (χ2v) is 6.38. The van der Waals surface area contributed by atoms with Gasteiger partial charge >= 0.3 is 0 Å². The molecule has 3 heterocycles. The Hall–Kier alpha value is -3.25. The highest BCUT2D eigenvalue weighted by Crippen LogP contribution is 2.25. The Kier molecular flexibility index (Phi) is 4.56. The monoisotopic (exact) mass is 379 g/mol. The smallest absolute Gasteiger partial charge is 0.131 e. The molecule has 4 rings (SSSR count). The van der Waals surface area contributed by atoms with E-state index in [0.717, 1.165) is 11.0 Å². The lowest BCUT2D eigenvalue weighted by Gasteiger charge is -2.11. The zero-order chi connectivity index (χ0) is 18.8. The lowest BCUT2D eigenvalue weighted by molar-refractivity contribution is 0.602. The van der Waals surface area contributed by atoms with Gasteiger partial charge in [-0.1, -0.05) is 11.6 Å². The highest BCUT2D eigenvalue weighted by atomic mass is 35.5. The van der Waals surface area contributed by atoms with Gasteiger partial charge in [0, 0.05) is 40.9 Å². The average molecular weight is 380 g/mol. The first-order chi connectivity index (χ1) is 13.1. The van der Waals surface area contributed by atoms with Crippen LogP contribution in [0.15, 0.2) is 72.2 Å². The SMILES string of the molecule is NC(=Nc1ccncc1)c1cc(F)c(Cn2ccc3ncccc32)c(Cl)c1. The Morgan fingerprint density at radius 3 is 2.74 bits per heavy atom. The summed E-state index contributed by atoms with van der Waals surface area (Å²) in [6.07, 6.45) is 6.80. The summed E-state index contributed by atoms with van der Waals surface area (Å²) in [5, 5.41) is 0.295. The van der Waals surface area contributed by atoms with Crippen molar-refractivity contribution in [3.63, 3.8) is 0 Å². The highest BCUT2D eigenvalue weighted by molar-refractivity contribution is 6.31. The molecule has 0 fully saturated rings. The molecule has 0 aliphatic rings. The topological polar surface area (TPSA) is 69.1 Å². The Morgan fingerprint density at radius 1 is 1.15 bits per heavy atom. The molecule has 0 saturated heterocycles. The van der Waals surface area contributed by atoms with Gasteiger partial charge in [0.15, 0.2) is 0 Å². The van der Waals surface area contributed by atoms with E-state index in [2.05, 4.69) is 15.0 Å². The van der Waals surface area contributed by atoms with Crippen LogP contribution < -0.4 is 5.73 Å². The van der Waals surface area contributed by atoms with Gasteiger partial charge in [-0.25, -0.2) is 9.38 Å². The maximum Gasteiger partial charge on any atom is 0.131 e. The summed E-state index contributed by atoms with van der Waals surface area (Å²) in [7, 11) is 0. The van der Waals surface area contributed by atoms with Crippen LogP contribution in [0.3, 0.4) is 0 Å². The average Bonchev–Trinajstić information content (AvgIpc) is 3.08. The zero-order valence-corrected chi connectivity index (χ0v) is 14.9. The van der Waals surface area contributed by atoms with Crippen molar-refractivity contribution < 1.29 is 4.39 Å². The van der Waals surface area contributed by atoms with Gasteiger partial charge in [0.1, 0.15) is 11.7 Å². The molecular weight excluding hydrogens is 365 g/mol. The third-order valence-electron chi connectivity index (χ3n) is 4.22. The molecule has 1 aromatic carbocycles. The summed E-state index contributed by atoms with van der Waals surface area (Å²) in [6, 6.07) is 12.1. The number of aromatic nitrogens is 3. The maximum absolute atomic E-state index is 14.8. The van der Waals surface area contributed by atoms with Crippen LogP contribution in [0.1, 0.15) is 11.1 Å². The van der Waals surface area contributed by atoms with E-state index in [1.807, 2.05) is 29.0 Å². The van der Waals surface area contributed by atoms with Crippen molar-refractivity contribution in [2.75, 3.05) is 0 Å². The number of pyridine rings is 2. The summed E-state index contributed by atoms with van der Waals surface area (Å²) in [5.74, 6) is -0.250. The second kappa shape index (κ2) is 7.17. The third-order valence-corrected chi connectivity index (χ3v) is 4.55. The first-order valence-corrected chi connectivity index (χ1v) is 8.62. The minimum Gasteiger partial charge on any atom is -0.383 e. The molecule has 0 atom stereocenters. The van der Waals surface area contributed by atoms with Gasteiger partial charge in [-0.3, -0.25) is 9.97 Å². The van der Waals surface area contributed by atoms with Gasteiger partial charge in [-0.05, 0) is 42.5 Å². The van der Waals surface area contributed by atoms with Crippen molar-refractivity contribution in [3.05, 3.63) is 89.2 Å². The number of benzene rings is 1. The maximum atomic E-state index is 14.8. The fraction of sp³-hybridized carbons (Fsp3) is 0.0500. The second-order valence-electron chi connectivity index (χ2n) is 5.97. The summed E-state index contributed by atoms with van der Waals surface area (Å²) in [5.41, 5.74) is 9.22. The largest absolute Gasteiger partial charge is 0.383 e. The van der Waals surface area contributed by atoms with Crippen molar-refractivity contribution in [3.8, 4) is 0 Å². The molecule has 7 heteroatoms. The van der Waals surface area contributed by atoms with Gasteiger partial charge in [-0.2, -0.15) is 0 Å². The van der Waals surface area contributed by atoms with E-state index in [0.29, 0.717) is 28.4 Å². The van der Waals surface area contributed by atoms with Gasteiger partial charge in [-0.15, -0.1) is 0 Å². The van der Waals surface area contributed by atoms with E-state index in [1.54, 1.807) is 36.8 Å². The molecule has 134 valence electrons. The molecule has 0 aliphatic carbocycles. The number of nitrogens with two attached hydrogens (primary N) is 1. The number of hydrogen-bond acceptors (Lipinski definition) is 3. The Morgan fingerprint density at radius 2 is 1.96 bits per heavy atom. The molecule has 0 bridgehead atoms. The number of aliphatic imine (C=N–C) groups is 1. The van der Waals surface area contributed by atoms with Crippen LogP contribution in [-0.2, 0) is 6.54 Å². The standard InChI is InChI=1S/C20H15ClFN5/c21-16-10-13(20(23)26-14-3-7-24-8-4-14)11-17(22)15(16)12-27-9-5-18-19(27)2-1-6-25-18/h1-11H,12H2,(H2,23,24,26). The molecule has 3 aromatic heterocycles. The normalized spacial score (nSPS) is 11.9. The first kappa shape index (κ1) is 17.2. The minimum absolute atomic E-state index is 0.184. The number of hydrogen-bond donors (Lipinski definition) is 1. The first-order valence-electron chi connectivity index (χ1n) is 8.24. The van der Waals surface area contributed by atoms with E-state index in [1.165, 1.54) is 6.07 Å². The summed E-state index contributed by atoms with van der Waals surface area (Å²) in [4.78, 5) is 12.5. The van der Waals surface area contributed by atoms with Gasteiger partial charge in [0.05, 0.1) is 23.3 Å². The van der Waals surface area contributed by atoms with Crippen LogP contribution in [0.25, 0.3) is 11.0 Å². The predicted octanol–water partition coefficient (Wildman–Crippen LogP) is 4.31. The van der Waals surface area contributed by atoms with Crippen LogP contribution in [-0.4, -0.2) is 20.4 Å². The predicted molar refractivity (Wildman–Crippen MR) is 105 cm³/mol. The van der Waals surface area contributed by atoms with Crippen LogP contribution in [0.2, 0.25) is 5.02 Å². The third kappa shape index (κ3) is 3.52. The van der Waals surface area contributed by atoms with Crippen molar-refractivity contribution in [1.29, 1.82) is 0 Å². The van der Waals surface area contributed by atoms with Crippen molar-refractivity contribution >= 4 is 34.2 Å². The molecule has 0 amide bonds. The molecule has 0 spiro atoms. The Labute approximate surface area is 160 Å². The highest BCUT2D eigenvalue weighted by Gasteiger charge is 2.13. The number of rotatable bonds is 4. The zero-order valence-electron chi connectivity index (χ0n) is 14.2. The van der Waals surface area contributed by atoms with Crippen molar-refractivity contribution in [2.24, 2.45) is 10.7 Å². The molecule has 2 N–H and O–H groups in total. The molecular formula is C20H15ClFN5. The van der Waals surface area contributed by atoms with Crippen molar-refractivity contribution in [2.45, 2.75) is 6.54 Å². The van der Waals surface area contributed by atoms with Gasteiger partial charge in [0.25, 0.3) is 0 Å². The Balaban J connectivity index is 1.67. The van der Waals surface area contributed by atoms with Gasteiger partial charge < -0.3 is 10.3 Å². The summed E-state index contributed by atoms with van der Waals surface area (Å²) >= 11 is 6.36. The van der Waals surface area contributed by atoms with Crippen molar-refractivity contribution in [1.82, 2.24) is 14.5 Å². The molecule has 0 radical (unpaired) electrons. The van der Waals surface area contributed by atoms with E-state index in [9.17, 15) is 4.39 Å². The molecule has 27 heavy (non-hydrogen) atoms. The lowest BCUT2D eigenvalue weighted by atomic mass is 10.1. The fourth-order valence-electron chi connectivity index (χ4n) is 2.85. The molecule has 5 nitrogen and oxygen atoms in total. The van der Waals surface area contributed by atoms with E-state index in [4.69, 9.17) is 17.3 Å². The Bertz CT molecular complexity index is 1110. The molecule has 4 aromatic rings. The molecule has 0 saturated carbocycles. The fourth-order valence-corrected chi connectivity index (χ4v) is 3.12. The van der Waals surface area contributed by atoms with E-state index < -0.39 is 5.82 Å². The number of fused-ring (bicyclic) bond motifs is 1. The van der Waals surface area contributed by atoms with Crippen LogP contribution >= 0.6 is 11.6 Å². The van der Waals surface area contributed by atoms with E-state index in [-0.39, 0.29) is 5.84 Å².